The summed E-state index contributed by atoms with van der Waals surface area (Å²) >= 11 is 12.4. The second-order valence-electron chi connectivity index (χ2n) is 8.46. The van der Waals surface area contributed by atoms with Crippen LogP contribution in [0.25, 0.3) is 5.69 Å². The number of amides is 1. The standard InChI is InChI=1S/C27H24ClN5O3S/c1-36-16-24(35)30-21-12-9-18(15-20(21)28)33-26(25(31-27(33)37)22-5-2-3-13-29-22)23-6-4-14-32(23)17-7-10-19(34)11-8-17/h2-15,25-26,34H,16H2,1H3,(H,30,35)(H,31,37)/t25-,26+/m1/s1. The summed E-state index contributed by atoms with van der Waals surface area (Å²) in [7, 11) is 1.46. The van der Waals surface area contributed by atoms with Crippen molar-refractivity contribution >= 4 is 46.2 Å². The first-order chi connectivity index (χ1) is 18.0. The monoisotopic (exact) mass is 533 g/mol. The van der Waals surface area contributed by atoms with Crippen molar-refractivity contribution in [3.8, 4) is 11.4 Å². The van der Waals surface area contributed by atoms with Crippen molar-refractivity contribution < 1.29 is 14.6 Å². The molecule has 1 fully saturated rings. The number of phenolic OH excluding ortho intramolecular Hbond substituents is 1. The highest BCUT2D eigenvalue weighted by molar-refractivity contribution is 7.80. The number of nitrogens with one attached hydrogen (secondary N) is 2. The minimum absolute atomic E-state index is 0.0692. The fourth-order valence-corrected chi connectivity index (χ4v) is 5.06. The number of halogens is 1. The molecule has 1 aliphatic heterocycles. The van der Waals surface area contributed by atoms with Gasteiger partial charge >= 0.3 is 0 Å². The second kappa shape index (κ2) is 10.6. The minimum atomic E-state index is -0.296. The van der Waals surface area contributed by atoms with Gasteiger partial charge in [0.15, 0.2) is 5.11 Å². The number of hydrogen-bond donors (Lipinski definition) is 3. The third kappa shape index (κ3) is 5.01. The van der Waals surface area contributed by atoms with Crippen molar-refractivity contribution in [2.45, 2.75) is 12.1 Å². The van der Waals surface area contributed by atoms with Gasteiger partial charge in [0.05, 0.1) is 22.4 Å². The maximum Gasteiger partial charge on any atom is 0.250 e. The number of aromatic hydroxyl groups is 1. The van der Waals surface area contributed by atoms with Crippen LogP contribution in [0.3, 0.4) is 0 Å². The van der Waals surface area contributed by atoms with Gasteiger partial charge in [0, 0.05) is 36.6 Å². The number of hydrogen-bond acceptors (Lipinski definition) is 5. The number of anilines is 2. The molecule has 5 rings (SSSR count). The maximum absolute atomic E-state index is 12.0. The minimum Gasteiger partial charge on any atom is -0.508 e. The molecule has 0 saturated carbocycles. The number of methoxy groups -OCH3 is 1. The smallest absolute Gasteiger partial charge is 0.250 e. The first-order valence-electron chi connectivity index (χ1n) is 11.5. The molecule has 0 radical (unpaired) electrons. The molecule has 1 saturated heterocycles. The van der Waals surface area contributed by atoms with E-state index in [9.17, 15) is 9.90 Å². The van der Waals surface area contributed by atoms with Crippen LogP contribution in [-0.4, -0.2) is 39.4 Å². The molecule has 188 valence electrons. The van der Waals surface area contributed by atoms with Crippen molar-refractivity contribution in [2.24, 2.45) is 0 Å². The average Bonchev–Trinajstić information content (AvgIpc) is 3.51. The third-order valence-corrected chi connectivity index (χ3v) is 6.72. The molecule has 10 heteroatoms. The van der Waals surface area contributed by atoms with Gasteiger partial charge in [0.2, 0.25) is 5.91 Å². The Morgan fingerprint density at radius 1 is 1.14 bits per heavy atom. The van der Waals surface area contributed by atoms with Gasteiger partial charge in [-0.25, -0.2) is 0 Å². The van der Waals surface area contributed by atoms with Gasteiger partial charge in [-0.1, -0.05) is 17.7 Å². The summed E-state index contributed by atoms with van der Waals surface area (Å²) in [5.74, 6) is -0.100. The van der Waals surface area contributed by atoms with Crippen LogP contribution in [0.2, 0.25) is 5.02 Å². The summed E-state index contributed by atoms with van der Waals surface area (Å²) in [6, 6.07) is 21.7. The predicted molar refractivity (Wildman–Crippen MR) is 147 cm³/mol. The zero-order valence-corrected chi connectivity index (χ0v) is 21.4. The van der Waals surface area contributed by atoms with E-state index in [2.05, 4.69) is 20.2 Å². The Balaban J connectivity index is 1.58. The molecule has 4 aromatic rings. The van der Waals surface area contributed by atoms with Gasteiger partial charge in [0.1, 0.15) is 18.4 Å². The van der Waals surface area contributed by atoms with E-state index in [0.717, 1.165) is 22.8 Å². The van der Waals surface area contributed by atoms with E-state index in [1.165, 1.54) is 7.11 Å². The van der Waals surface area contributed by atoms with Crippen molar-refractivity contribution in [3.05, 3.63) is 102 Å². The largest absolute Gasteiger partial charge is 0.508 e. The lowest BCUT2D eigenvalue weighted by atomic mass is 10.0. The maximum atomic E-state index is 12.0. The first kappa shape index (κ1) is 24.8. The number of ether oxygens (including phenoxy) is 1. The van der Waals surface area contributed by atoms with Gasteiger partial charge in [-0.2, -0.15) is 0 Å². The molecule has 2 aromatic carbocycles. The molecule has 37 heavy (non-hydrogen) atoms. The van der Waals surface area contributed by atoms with Crippen molar-refractivity contribution in [1.82, 2.24) is 14.9 Å². The summed E-state index contributed by atoms with van der Waals surface area (Å²) in [4.78, 5) is 18.6. The lowest BCUT2D eigenvalue weighted by Crippen LogP contribution is -2.30. The second-order valence-corrected chi connectivity index (χ2v) is 9.26. The number of phenols is 1. The van der Waals surface area contributed by atoms with Gasteiger partial charge in [0.25, 0.3) is 0 Å². The lowest BCUT2D eigenvalue weighted by Gasteiger charge is -2.29. The zero-order chi connectivity index (χ0) is 25.9. The number of rotatable bonds is 7. The SMILES string of the molecule is COCC(=O)Nc1ccc(N2C(=S)N[C@H](c3ccccn3)[C@@H]2c2cccn2-c2ccc(O)cc2)cc1Cl. The van der Waals surface area contributed by atoms with Gasteiger partial charge in [-0.15, -0.1) is 0 Å². The molecular weight excluding hydrogens is 510 g/mol. The molecule has 0 spiro atoms. The Labute approximate surface area is 224 Å². The van der Waals surface area contributed by atoms with Crippen molar-refractivity contribution in [1.29, 1.82) is 0 Å². The summed E-state index contributed by atoms with van der Waals surface area (Å²) in [6.07, 6.45) is 3.73. The van der Waals surface area contributed by atoms with E-state index in [0.29, 0.717) is 15.8 Å². The van der Waals surface area contributed by atoms with Crippen LogP contribution in [0, 0.1) is 0 Å². The summed E-state index contributed by atoms with van der Waals surface area (Å²) in [5, 5.41) is 16.9. The Bertz CT molecular complexity index is 1430. The van der Waals surface area contributed by atoms with Crippen LogP contribution in [0.5, 0.6) is 5.75 Å². The third-order valence-electron chi connectivity index (χ3n) is 6.09. The van der Waals surface area contributed by atoms with E-state index in [1.54, 1.807) is 30.5 Å². The van der Waals surface area contributed by atoms with Crippen LogP contribution >= 0.6 is 23.8 Å². The van der Waals surface area contributed by atoms with E-state index in [4.69, 9.17) is 28.6 Å². The highest BCUT2D eigenvalue weighted by Crippen LogP contribution is 2.43. The van der Waals surface area contributed by atoms with Crippen molar-refractivity contribution in [3.63, 3.8) is 0 Å². The number of thiocarbonyl (C=S) groups is 1. The van der Waals surface area contributed by atoms with Crippen LogP contribution in [0.4, 0.5) is 11.4 Å². The molecule has 1 amide bonds. The van der Waals surface area contributed by atoms with Crippen LogP contribution in [-0.2, 0) is 9.53 Å². The van der Waals surface area contributed by atoms with Crippen LogP contribution in [0.1, 0.15) is 23.5 Å². The number of pyridine rings is 1. The summed E-state index contributed by atoms with van der Waals surface area (Å²) in [5.41, 5.74) is 3.93. The molecule has 0 aliphatic carbocycles. The Hall–Kier alpha value is -3.92. The average molecular weight is 534 g/mol. The number of nitrogens with zero attached hydrogens (tertiary/aromatic N) is 3. The molecular formula is C27H24ClN5O3S. The number of carbonyl (C=O) groups is 1. The first-order valence-corrected chi connectivity index (χ1v) is 12.3. The molecule has 2 aromatic heterocycles. The molecule has 3 heterocycles. The van der Waals surface area contributed by atoms with E-state index in [1.807, 2.05) is 59.6 Å². The molecule has 1 aliphatic rings. The molecule has 2 atom stereocenters. The van der Waals surface area contributed by atoms with Gasteiger partial charge in [-0.05, 0) is 78.9 Å². The van der Waals surface area contributed by atoms with Crippen molar-refractivity contribution in [2.75, 3.05) is 23.9 Å². The quantitative estimate of drug-likeness (QED) is 0.288. The molecule has 0 unspecified atom stereocenters. The van der Waals surface area contributed by atoms with E-state index < -0.39 is 0 Å². The van der Waals surface area contributed by atoms with E-state index in [-0.39, 0.29) is 30.3 Å². The Kier molecular flexibility index (Phi) is 7.09. The summed E-state index contributed by atoms with van der Waals surface area (Å²) in [6.45, 7) is -0.0692. The number of aromatic nitrogens is 2. The van der Waals surface area contributed by atoms with Gasteiger partial charge in [-0.3, -0.25) is 9.78 Å². The van der Waals surface area contributed by atoms with E-state index >= 15 is 0 Å². The molecule has 8 nitrogen and oxygen atoms in total. The highest BCUT2D eigenvalue weighted by Gasteiger charge is 2.42. The number of benzene rings is 2. The Morgan fingerprint density at radius 3 is 2.62 bits per heavy atom. The Morgan fingerprint density at radius 2 is 1.92 bits per heavy atom. The van der Waals surface area contributed by atoms with Crippen LogP contribution in [0.15, 0.2) is 85.2 Å². The predicted octanol–water partition coefficient (Wildman–Crippen LogP) is 4.99. The zero-order valence-electron chi connectivity index (χ0n) is 19.8. The lowest BCUT2D eigenvalue weighted by molar-refractivity contribution is -0.119. The molecule has 3 N–H and O–H groups in total. The fourth-order valence-electron chi connectivity index (χ4n) is 4.49. The fraction of sp³-hybridized carbons (Fsp3) is 0.148. The number of carbonyl (C=O) groups excluding carboxylic acids is 1. The summed E-state index contributed by atoms with van der Waals surface area (Å²) < 4.78 is 6.95. The topological polar surface area (TPSA) is 91.7 Å². The normalized spacial score (nSPS) is 17.0. The van der Waals surface area contributed by atoms with Crippen LogP contribution < -0.4 is 15.5 Å². The highest BCUT2D eigenvalue weighted by atomic mass is 35.5. The molecule has 0 bridgehead atoms. The van der Waals surface area contributed by atoms with Gasteiger partial charge < -0.3 is 29.9 Å².